The molecule has 0 saturated heterocycles. The lowest BCUT2D eigenvalue weighted by Gasteiger charge is -2.33. The summed E-state index contributed by atoms with van der Waals surface area (Å²) in [7, 11) is 0. The number of benzene rings is 2. The molecule has 0 amide bonds. The summed E-state index contributed by atoms with van der Waals surface area (Å²) in [5, 5.41) is 23.4. The SMILES string of the molecule is N#CC1=C(N)OC2ON=C(c3ccccc3)C2C1c1ccc(O)cc1. The molecule has 6 nitrogen and oxygen atoms in total. The molecule has 2 aromatic carbocycles. The van der Waals surface area contributed by atoms with Gasteiger partial charge in [-0.15, -0.1) is 0 Å². The standard InChI is InChI=1S/C19H15N3O3/c20-10-14-15(11-6-8-13(23)9-7-11)16-17(12-4-2-1-3-5-12)22-25-19(16)24-18(14)21/h1-9,15-16,19,23H,21H2. The second-order valence-electron chi connectivity index (χ2n) is 5.92. The van der Waals surface area contributed by atoms with Crippen LogP contribution in [0.25, 0.3) is 0 Å². The smallest absolute Gasteiger partial charge is 0.276 e. The number of aromatic hydroxyl groups is 1. The molecule has 2 aliphatic heterocycles. The monoisotopic (exact) mass is 333 g/mol. The van der Waals surface area contributed by atoms with Gasteiger partial charge in [-0.05, 0) is 23.3 Å². The number of oxime groups is 1. The minimum Gasteiger partial charge on any atom is -0.508 e. The van der Waals surface area contributed by atoms with Crippen molar-refractivity contribution in [1.29, 1.82) is 5.26 Å². The highest BCUT2D eigenvalue weighted by atomic mass is 16.8. The van der Waals surface area contributed by atoms with E-state index in [1.165, 1.54) is 0 Å². The van der Waals surface area contributed by atoms with Gasteiger partial charge >= 0.3 is 0 Å². The highest BCUT2D eigenvalue weighted by molar-refractivity contribution is 6.04. The zero-order valence-corrected chi connectivity index (χ0v) is 13.2. The minimum atomic E-state index is -0.689. The van der Waals surface area contributed by atoms with Crippen LogP contribution in [0.5, 0.6) is 5.75 Å². The third-order valence-corrected chi connectivity index (χ3v) is 4.48. The number of hydrogen-bond acceptors (Lipinski definition) is 6. The van der Waals surface area contributed by atoms with Gasteiger partial charge in [-0.3, -0.25) is 0 Å². The highest BCUT2D eigenvalue weighted by Gasteiger charge is 2.48. The first-order valence-corrected chi connectivity index (χ1v) is 7.83. The fourth-order valence-corrected chi connectivity index (χ4v) is 3.33. The van der Waals surface area contributed by atoms with Gasteiger partial charge in [0.25, 0.3) is 6.29 Å². The molecule has 124 valence electrons. The van der Waals surface area contributed by atoms with E-state index < -0.39 is 6.29 Å². The van der Waals surface area contributed by atoms with Gasteiger partial charge in [0.15, 0.2) is 0 Å². The number of fused-ring (bicyclic) bond motifs is 1. The zero-order valence-electron chi connectivity index (χ0n) is 13.2. The fraction of sp³-hybridized carbons (Fsp3) is 0.158. The molecule has 0 bridgehead atoms. The molecule has 25 heavy (non-hydrogen) atoms. The number of allylic oxidation sites excluding steroid dienone is 1. The molecule has 0 radical (unpaired) electrons. The molecular formula is C19H15N3O3. The van der Waals surface area contributed by atoms with Crippen LogP contribution in [0.1, 0.15) is 17.0 Å². The summed E-state index contributed by atoms with van der Waals surface area (Å²) < 4.78 is 5.59. The summed E-state index contributed by atoms with van der Waals surface area (Å²) in [5.41, 5.74) is 8.73. The Morgan fingerprint density at radius 2 is 1.80 bits per heavy atom. The van der Waals surface area contributed by atoms with Crippen LogP contribution in [0.15, 0.2) is 71.2 Å². The normalized spacial score (nSPS) is 24.6. The number of nitriles is 1. The van der Waals surface area contributed by atoms with Crippen molar-refractivity contribution in [3.8, 4) is 11.8 Å². The van der Waals surface area contributed by atoms with E-state index in [-0.39, 0.29) is 23.5 Å². The number of hydrogen-bond donors (Lipinski definition) is 2. The van der Waals surface area contributed by atoms with E-state index in [1.54, 1.807) is 24.3 Å². The minimum absolute atomic E-state index is 0.0475. The molecule has 2 heterocycles. The molecule has 3 unspecified atom stereocenters. The summed E-state index contributed by atoms with van der Waals surface area (Å²) in [4.78, 5) is 5.46. The molecule has 6 heteroatoms. The summed E-state index contributed by atoms with van der Waals surface area (Å²) in [6, 6.07) is 18.5. The predicted molar refractivity (Wildman–Crippen MR) is 90.1 cm³/mol. The van der Waals surface area contributed by atoms with Crippen molar-refractivity contribution < 1.29 is 14.7 Å². The van der Waals surface area contributed by atoms with E-state index in [1.807, 2.05) is 30.3 Å². The van der Waals surface area contributed by atoms with Crippen LogP contribution in [0.2, 0.25) is 0 Å². The Bertz CT molecular complexity index is 898. The quantitative estimate of drug-likeness (QED) is 0.879. The molecule has 2 aromatic rings. The number of nitrogens with two attached hydrogens (primary N) is 1. The maximum atomic E-state index is 9.63. The second-order valence-corrected chi connectivity index (χ2v) is 5.92. The molecule has 0 saturated carbocycles. The Balaban J connectivity index is 1.84. The van der Waals surface area contributed by atoms with Crippen molar-refractivity contribution in [2.45, 2.75) is 12.2 Å². The molecule has 0 spiro atoms. The maximum absolute atomic E-state index is 9.63. The lowest BCUT2D eigenvalue weighted by atomic mass is 9.75. The Labute approximate surface area is 144 Å². The number of phenolic OH excluding ortho intramolecular Hbond substituents is 1. The molecule has 0 aliphatic carbocycles. The number of rotatable bonds is 2. The van der Waals surface area contributed by atoms with E-state index in [2.05, 4.69) is 11.2 Å². The highest BCUT2D eigenvalue weighted by Crippen LogP contribution is 2.45. The van der Waals surface area contributed by atoms with Crippen LogP contribution >= 0.6 is 0 Å². The fourth-order valence-electron chi connectivity index (χ4n) is 3.33. The van der Waals surface area contributed by atoms with Crippen LogP contribution in [0.3, 0.4) is 0 Å². The first-order chi connectivity index (χ1) is 12.2. The average Bonchev–Trinajstić information content (AvgIpc) is 3.05. The van der Waals surface area contributed by atoms with E-state index in [0.717, 1.165) is 11.1 Å². The first-order valence-electron chi connectivity index (χ1n) is 7.83. The first kappa shape index (κ1) is 15.1. The Hall–Kier alpha value is -3.46. The topological polar surface area (TPSA) is 101 Å². The van der Waals surface area contributed by atoms with Gasteiger partial charge in [-0.2, -0.15) is 5.26 Å². The molecule has 0 fully saturated rings. The van der Waals surface area contributed by atoms with E-state index >= 15 is 0 Å². The molecule has 3 N–H and O–H groups in total. The van der Waals surface area contributed by atoms with Crippen LogP contribution in [-0.2, 0) is 9.57 Å². The largest absolute Gasteiger partial charge is 0.508 e. The van der Waals surface area contributed by atoms with Crippen molar-refractivity contribution in [1.82, 2.24) is 0 Å². The summed E-state index contributed by atoms with van der Waals surface area (Å²) in [5.74, 6) is -0.478. The number of nitrogens with zero attached hydrogens (tertiary/aromatic N) is 2. The average molecular weight is 333 g/mol. The van der Waals surface area contributed by atoms with Gasteiger partial charge < -0.3 is 20.4 Å². The van der Waals surface area contributed by atoms with E-state index in [0.29, 0.717) is 11.3 Å². The van der Waals surface area contributed by atoms with Crippen LogP contribution in [0.4, 0.5) is 0 Å². The third kappa shape index (κ3) is 2.46. The lowest BCUT2D eigenvalue weighted by molar-refractivity contribution is -0.129. The predicted octanol–water partition coefficient (Wildman–Crippen LogP) is 2.58. The van der Waals surface area contributed by atoms with Gasteiger partial charge in [0.2, 0.25) is 5.88 Å². The van der Waals surface area contributed by atoms with Crippen molar-refractivity contribution in [2.75, 3.05) is 0 Å². The van der Waals surface area contributed by atoms with E-state index in [4.69, 9.17) is 15.3 Å². The van der Waals surface area contributed by atoms with Crippen LogP contribution < -0.4 is 5.73 Å². The molecule has 2 aliphatic rings. The van der Waals surface area contributed by atoms with Gasteiger partial charge in [0, 0.05) is 5.92 Å². The Morgan fingerprint density at radius 1 is 1.08 bits per heavy atom. The molecule has 4 rings (SSSR count). The Kier molecular flexibility index (Phi) is 3.55. The van der Waals surface area contributed by atoms with Gasteiger partial charge in [0.1, 0.15) is 11.8 Å². The van der Waals surface area contributed by atoms with Crippen LogP contribution in [-0.4, -0.2) is 17.1 Å². The van der Waals surface area contributed by atoms with Crippen LogP contribution in [0, 0.1) is 17.2 Å². The van der Waals surface area contributed by atoms with Gasteiger partial charge in [-0.1, -0.05) is 47.6 Å². The Morgan fingerprint density at radius 3 is 2.48 bits per heavy atom. The van der Waals surface area contributed by atoms with Gasteiger partial charge in [0.05, 0.1) is 17.2 Å². The molecule has 0 aromatic heterocycles. The summed E-state index contributed by atoms with van der Waals surface area (Å²) >= 11 is 0. The third-order valence-electron chi connectivity index (χ3n) is 4.48. The summed E-state index contributed by atoms with van der Waals surface area (Å²) in [6.45, 7) is 0. The number of ether oxygens (including phenoxy) is 1. The maximum Gasteiger partial charge on any atom is 0.276 e. The van der Waals surface area contributed by atoms with Crippen molar-refractivity contribution in [2.24, 2.45) is 16.8 Å². The zero-order chi connectivity index (χ0) is 17.4. The molecular weight excluding hydrogens is 318 g/mol. The lowest BCUT2D eigenvalue weighted by Crippen LogP contribution is -2.38. The molecule has 3 atom stereocenters. The van der Waals surface area contributed by atoms with Crippen molar-refractivity contribution in [3.05, 3.63) is 77.2 Å². The van der Waals surface area contributed by atoms with E-state index in [9.17, 15) is 10.4 Å². The van der Waals surface area contributed by atoms with Crippen molar-refractivity contribution >= 4 is 5.71 Å². The van der Waals surface area contributed by atoms with Crippen molar-refractivity contribution in [3.63, 3.8) is 0 Å². The summed E-state index contributed by atoms with van der Waals surface area (Å²) in [6.07, 6.45) is -0.689. The second kappa shape index (κ2) is 5.87. The van der Waals surface area contributed by atoms with Gasteiger partial charge in [-0.25, -0.2) is 0 Å². The number of phenols is 1.